The zero-order chi connectivity index (χ0) is 35.8. The molecule has 1 aromatic heterocycles. The molecule has 2 saturated heterocycles. The third-order valence-corrected chi connectivity index (χ3v) is 10.6. The zero-order valence-electron chi connectivity index (χ0n) is 28.4. The summed E-state index contributed by atoms with van der Waals surface area (Å²) in [7, 11) is -1.14. The first-order valence-corrected chi connectivity index (χ1v) is 17.7. The van der Waals surface area contributed by atoms with Crippen LogP contribution in [0.5, 0.6) is 5.75 Å². The van der Waals surface area contributed by atoms with Crippen LogP contribution in [0.1, 0.15) is 30.5 Å². The molecular weight excluding hydrogens is 653 g/mol. The number of hydrogen-bond donors (Lipinski definition) is 4. The average Bonchev–Trinajstić information content (AvgIpc) is 3.43. The second kappa shape index (κ2) is 14.2. The minimum absolute atomic E-state index is 0.158. The number of carbonyl (C=O) groups excluding carboxylic acids is 2. The summed E-state index contributed by atoms with van der Waals surface area (Å²) in [5.41, 5.74) is 6.39. The molecule has 5 aromatic rings. The SMILES string of the molecule is O=C1[C@@H]2[C@@H](CC(CO)=C3[C@@H](CC/C(=C/c4ccc(O)c5ccccc45)c4ccccn4)OB(O)C[C@@H]32)C(=O)N1c1ccc(Nc2ccccc2)cc1. The molecule has 0 radical (unpaired) electrons. The highest BCUT2D eigenvalue weighted by Crippen LogP contribution is 2.51. The number of phenolic OH excluding ortho intramolecular Hbond substituents is 1. The van der Waals surface area contributed by atoms with E-state index in [1.54, 1.807) is 24.4 Å². The average molecular weight is 692 g/mol. The molecule has 10 heteroatoms. The Morgan fingerprint density at radius 3 is 2.35 bits per heavy atom. The number of phenols is 1. The second-order valence-electron chi connectivity index (χ2n) is 13.7. The molecule has 4 N–H and O–H groups in total. The van der Waals surface area contributed by atoms with Gasteiger partial charge in [0.2, 0.25) is 11.8 Å². The van der Waals surface area contributed by atoms with Crippen molar-refractivity contribution >= 4 is 58.4 Å². The van der Waals surface area contributed by atoms with Crippen molar-refractivity contribution in [3.8, 4) is 5.75 Å². The number of imide groups is 1. The Bertz CT molecular complexity index is 2190. The van der Waals surface area contributed by atoms with Crippen LogP contribution < -0.4 is 10.2 Å². The van der Waals surface area contributed by atoms with Crippen LogP contribution in [0.2, 0.25) is 6.32 Å². The summed E-state index contributed by atoms with van der Waals surface area (Å²) in [5.74, 6) is -2.14. The van der Waals surface area contributed by atoms with Crippen molar-refractivity contribution in [2.75, 3.05) is 16.8 Å². The minimum Gasteiger partial charge on any atom is -0.507 e. The van der Waals surface area contributed by atoms with Crippen LogP contribution >= 0.6 is 0 Å². The number of carbonyl (C=O) groups is 2. The lowest BCUT2D eigenvalue weighted by Crippen LogP contribution is -2.46. The molecule has 2 amide bonds. The summed E-state index contributed by atoms with van der Waals surface area (Å²) >= 11 is 0. The maximum absolute atomic E-state index is 14.2. The molecule has 4 aromatic carbocycles. The van der Waals surface area contributed by atoms with Gasteiger partial charge in [-0.3, -0.25) is 19.5 Å². The van der Waals surface area contributed by atoms with Gasteiger partial charge >= 0.3 is 7.12 Å². The number of allylic oxidation sites excluding steroid dienone is 1. The summed E-state index contributed by atoms with van der Waals surface area (Å²) in [6.07, 6.45) is 4.59. The Balaban J connectivity index is 1.07. The fraction of sp³-hybridized carbons (Fsp3) is 0.214. The van der Waals surface area contributed by atoms with E-state index in [9.17, 15) is 24.8 Å². The Kier molecular flexibility index (Phi) is 9.19. The maximum atomic E-state index is 14.2. The molecule has 52 heavy (non-hydrogen) atoms. The Morgan fingerprint density at radius 1 is 0.865 bits per heavy atom. The molecule has 2 aliphatic heterocycles. The summed E-state index contributed by atoms with van der Waals surface area (Å²) in [6.45, 7) is -0.269. The summed E-state index contributed by atoms with van der Waals surface area (Å²) in [4.78, 5) is 34.1. The molecule has 3 heterocycles. The van der Waals surface area contributed by atoms with E-state index in [2.05, 4.69) is 16.4 Å². The monoisotopic (exact) mass is 691 g/mol. The first-order chi connectivity index (χ1) is 25.4. The molecule has 0 unspecified atom stereocenters. The number of nitrogens with zero attached hydrogens (tertiary/aromatic N) is 2. The molecule has 2 fully saturated rings. The van der Waals surface area contributed by atoms with Crippen molar-refractivity contribution in [1.29, 1.82) is 0 Å². The molecule has 0 saturated carbocycles. The van der Waals surface area contributed by atoms with Crippen LogP contribution in [0.25, 0.3) is 22.4 Å². The number of hydrogen-bond acceptors (Lipinski definition) is 8. The maximum Gasteiger partial charge on any atom is 0.455 e. The number of aromatic hydroxyl groups is 1. The van der Waals surface area contributed by atoms with Crippen LogP contribution in [0.4, 0.5) is 17.1 Å². The highest BCUT2D eigenvalue weighted by molar-refractivity contribution is 6.43. The highest BCUT2D eigenvalue weighted by atomic mass is 16.5. The summed E-state index contributed by atoms with van der Waals surface area (Å²) in [5, 5.41) is 37.2. The molecule has 1 aliphatic carbocycles. The van der Waals surface area contributed by atoms with E-state index in [0.29, 0.717) is 24.1 Å². The van der Waals surface area contributed by atoms with Gasteiger partial charge < -0.3 is 25.2 Å². The van der Waals surface area contributed by atoms with Crippen molar-refractivity contribution < 1.29 is 29.5 Å². The first kappa shape index (κ1) is 33.6. The second-order valence-corrected chi connectivity index (χ2v) is 13.7. The summed E-state index contributed by atoms with van der Waals surface area (Å²) < 4.78 is 6.18. The van der Waals surface area contributed by atoms with Crippen LogP contribution in [0.3, 0.4) is 0 Å². The van der Waals surface area contributed by atoms with Gasteiger partial charge in [-0.2, -0.15) is 0 Å². The number of aromatic nitrogens is 1. The van der Waals surface area contributed by atoms with E-state index < -0.39 is 31.0 Å². The first-order valence-electron chi connectivity index (χ1n) is 17.7. The third kappa shape index (κ3) is 6.30. The number of amides is 2. The molecule has 3 aliphatic rings. The van der Waals surface area contributed by atoms with E-state index in [4.69, 9.17) is 4.65 Å². The lowest BCUT2D eigenvalue weighted by atomic mass is 9.58. The predicted molar refractivity (Wildman–Crippen MR) is 202 cm³/mol. The quantitative estimate of drug-likeness (QED) is 0.0739. The molecule has 4 atom stereocenters. The molecule has 260 valence electrons. The van der Waals surface area contributed by atoms with Gasteiger partial charge in [-0.1, -0.05) is 54.6 Å². The van der Waals surface area contributed by atoms with E-state index in [0.717, 1.165) is 44.6 Å². The fourth-order valence-electron chi connectivity index (χ4n) is 8.28. The molecule has 0 bridgehead atoms. The number of benzene rings is 4. The van der Waals surface area contributed by atoms with Gasteiger partial charge in [0.15, 0.2) is 0 Å². The van der Waals surface area contributed by atoms with Crippen LogP contribution in [-0.2, 0) is 14.2 Å². The van der Waals surface area contributed by atoms with Crippen LogP contribution in [0, 0.1) is 17.8 Å². The smallest absolute Gasteiger partial charge is 0.455 e. The van der Waals surface area contributed by atoms with Crippen molar-refractivity contribution in [1.82, 2.24) is 4.98 Å². The molecule has 0 spiro atoms. The van der Waals surface area contributed by atoms with Crippen molar-refractivity contribution in [2.45, 2.75) is 31.7 Å². The topological polar surface area (TPSA) is 132 Å². The van der Waals surface area contributed by atoms with Gasteiger partial charge in [-0.05, 0) is 120 Å². The van der Waals surface area contributed by atoms with Crippen LogP contribution in [-0.4, -0.2) is 51.9 Å². The molecule has 8 rings (SSSR count). The Morgan fingerprint density at radius 2 is 1.60 bits per heavy atom. The Labute approximate surface area is 302 Å². The lowest BCUT2D eigenvalue weighted by molar-refractivity contribution is -0.122. The lowest BCUT2D eigenvalue weighted by Gasteiger charge is -2.42. The number of fused-ring (bicyclic) bond motifs is 4. The van der Waals surface area contributed by atoms with Gasteiger partial charge in [0.25, 0.3) is 0 Å². The van der Waals surface area contributed by atoms with Gasteiger partial charge in [0.05, 0.1) is 35.9 Å². The molecular formula is C42H38BN3O6. The zero-order valence-corrected chi connectivity index (χ0v) is 28.4. The number of para-hydroxylation sites is 1. The summed E-state index contributed by atoms with van der Waals surface area (Å²) in [6, 6.07) is 33.9. The standard InChI is InChI=1S/C42H38BN3O6/c47-25-28-23-34-40(42(50)46(41(34)49)31-17-15-30(16-18-31)45-29-8-2-1-3-9-29)35-24-43(51)52-38(39(28)35)20-14-27(36-12-6-7-21-44-36)22-26-13-19-37(48)33-11-5-4-10-32(26)33/h1-13,15-19,21-22,34-35,38,40,45,47-48,51H,14,20,23-25H2/b27-22-/t34-,35+,38-,40-/m1/s1. The highest BCUT2D eigenvalue weighted by Gasteiger charge is 2.57. The third-order valence-electron chi connectivity index (χ3n) is 10.6. The number of pyridine rings is 1. The number of aliphatic hydroxyl groups is 1. The largest absolute Gasteiger partial charge is 0.507 e. The number of nitrogens with one attached hydrogen (secondary N) is 1. The van der Waals surface area contributed by atoms with E-state index in [1.165, 1.54) is 4.90 Å². The van der Waals surface area contributed by atoms with Gasteiger partial charge in [-0.15, -0.1) is 0 Å². The van der Waals surface area contributed by atoms with E-state index in [-0.39, 0.29) is 36.9 Å². The van der Waals surface area contributed by atoms with Crippen molar-refractivity contribution in [3.63, 3.8) is 0 Å². The van der Waals surface area contributed by atoms with Crippen LogP contribution in [0.15, 0.2) is 127 Å². The predicted octanol–water partition coefficient (Wildman–Crippen LogP) is 7.00. The van der Waals surface area contributed by atoms with Gasteiger partial charge in [0.1, 0.15) is 5.75 Å². The van der Waals surface area contributed by atoms with Crippen molar-refractivity contribution in [2.24, 2.45) is 17.8 Å². The number of rotatable bonds is 9. The molecule has 9 nitrogen and oxygen atoms in total. The van der Waals surface area contributed by atoms with Gasteiger partial charge in [-0.25, -0.2) is 0 Å². The van der Waals surface area contributed by atoms with E-state index in [1.807, 2.05) is 91.0 Å². The van der Waals surface area contributed by atoms with Crippen molar-refractivity contribution in [3.05, 3.63) is 138 Å². The number of aliphatic hydroxyl groups excluding tert-OH is 1. The Hall–Kier alpha value is -5.55. The fourth-order valence-corrected chi connectivity index (χ4v) is 8.28. The minimum atomic E-state index is -1.14. The number of anilines is 3. The normalized spacial score (nSPS) is 21.8. The van der Waals surface area contributed by atoms with Gasteiger partial charge in [0, 0.05) is 23.0 Å². The van der Waals surface area contributed by atoms with E-state index >= 15 is 0 Å².